The van der Waals surface area contributed by atoms with Crippen molar-refractivity contribution in [3.8, 4) is 17.2 Å². The van der Waals surface area contributed by atoms with E-state index in [4.69, 9.17) is 14.2 Å². The van der Waals surface area contributed by atoms with Gasteiger partial charge in [0.1, 0.15) is 17.2 Å². The highest BCUT2D eigenvalue weighted by Crippen LogP contribution is 2.21. The second-order valence-corrected chi connectivity index (χ2v) is 7.91. The van der Waals surface area contributed by atoms with Crippen LogP contribution in [0.3, 0.4) is 0 Å². The Kier molecular flexibility index (Phi) is 8.02. The topological polar surface area (TPSA) is 99.5 Å². The van der Waals surface area contributed by atoms with Gasteiger partial charge in [-0.25, -0.2) is 0 Å². The van der Waals surface area contributed by atoms with E-state index in [9.17, 15) is 4.79 Å². The molecule has 1 heterocycles. The third kappa shape index (κ3) is 5.93. The van der Waals surface area contributed by atoms with Crippen LogP contribution in [0.25, 0.3) is 0 Å². The molecule has 9 heteroatoms. The summed E-state index contributed by atoms with van der Waals surface area (Å²) in [6.07, 6.45) is -0.789. The summed E-state index contributed by atoms with van der Waals surface area (Å²) < 4.78 is 17.9. The lowest BCUT2D eigenvalue weighted by atomic mass is 10.2. The molecule has 0 bridgehead atoms. The number of carbonyl (C=O) groups excluding carboxylic acids is 1. The zero-order valence-electron chi connectivity index (χ0n) is 20.5. The fourth-order valence-corrected chi connectivity index (χ4v) is 3.63. The highest BCUT2D eigenvalue weighted by Gasteiger charge is 2.23. The quantitative estimate of drug-likeness (QED) is 0.316. The number of methoxy groups -OCH3 is 2. The van der Waals surface area contributed by atoms with Crippen LogP contribution in [-0.2, 0) is 13.1 Å². The summed E-state index contributed by atoms with van der Waals surface area (Å²) in [6.45, 7) is 2.49. The number of rotatable bonds is 11. The number of aromatic nitrogens is 3. The van der Waals surface area contributed by atoms with Crippen molar-refractivity contribution in [3.05, 3.63) is 90.0 Å². The summed E-state index contributed by atoms with van der Waals surface area (Å²) >= 11 is 0. The standard InChI is InChI=1S/C27H29N5O4/c1-19(36-22-13-5-4-6-14-22)25(33)32-27(29-18-21-12-8-10-16-24(21)35-3)30-26(31-32)28-17-20-11-7-9-15-23(20)34-2/h4-16,19H,17-18H2,1-3H3,(H2,28,29,30,31)/t19-/m0/s1. The van der Waals surface area contributed by atoms with Gasteiger partial charge >= 0.3 is 0 Å². The van der Waals surface area contributed by atoms with Crippen LogP contribution in [0.2, 0.25) is 0 Å². The Morgan fingerprint density at radius 1 is 0.833 bits per heavy atom. The summed E-state index contributed by atoms with van der Waals surface area (Å²) in [4.78, 5) is 17.8. The van der Waals surface area contributed by atoms with E-state index in [2.05, 4.69) is 20.7 Å². The average Bonchev–Trinajstić information content (AvgIpc) is 3.34. The van der Waals surface area contributed by atoms with Gasteiger partial charge in [-0.15, -0.1) is 5.10 Å². The second kappa shape index (κ2) is 11.7. The molecule has 0 aliphatic carbocycles. The maximum Gasteiger partial charge on any atom is 0.290 e. The van der Waals surface area contributed by atoms with Gasteiger partial charge in [-0.3, -0.25) is 4.79 Å². The normalized spacial score (nSPS) is 11.4. The molecule has 9 nitrogen and oxygen atoms in total. The molecular weight excluding hydrogens is 458 g/mol. The summed E-state index contributed by atoms with van der Waals surface area (Å²) in [6, 6.07) is 24.5. The highest BCUT2D eigenvalue weighted by molar-refractivity contribution is 5.85. The predicted octanol–water partition coefficient (Wildman–Crippen LogP) is 4.63. The number of anilines is 2. The minimum absolute atomic E-state index is 0.289. The van der Waals surface area contributed by atoms with E-state index in [-0.39, 0.29) is 11.9 Å². The van der Waals surface area contributed by atoms with Crippen LogP contribution in [0.15, 0.2) is 78.9 Å². The Morgan fingerprint density at radius 2 is 1.39 bits per heavy atom. The van der Waals surface area contributed by atoms with Crippen molar-refractivity contribution in [2.75, 3.05) is 24.9 Å². The van der Waals surface area contributed by atoms with E-state index in [1.807, 2.05) is 66.7 Å². The van der Waals surface area contributed by atoms with Crippen molar-refractivity contribution in [2.24, 2.45) is 0 Å². The van der Waals surface area contributed by atoms with Crippen LogP contribution in [0.1, 0.15) is 22.8 Å². The molecule has 3 aromatic carbocycles. The van der Waals surface area contributed by atoms with Gasteiger partial charge in [-0.05, 0) is 31.2 Å². The fourth-order valence-electron chi connectivity index (χ4n) is 3.63. The van der Waals surface area contributed by atoms with Crippen LogP contribution in [-0.4, -0.2) is 41.0 Å². The third-order valence-corrected chi connectivity index (χ3v) is 5.48. The minimum atomic E-state index is -0.789. The third-order valence-electron chi connectivity index (χ3n) is 5.48. The Hall–Kier alpha value is -4.53. The Morgan fingerprint density at radius 3 is 2.00 bits per heavy atom. The monoisotopic (exact) mass is 487 g/mol. The molecule has 4 rings (SSSR count). The number of hydrogen-bond donors (Lipinski definition) is 2. The lowest BCUT2D eigenvalue weighted by molar-refractivity contribution is 0.0713. The molecule has 0 unspecified atom stereocenters. The molecule has 1 aromatic heterocycles. The lowest BCUT2D eigenvalue weighted by Crippen LogP contribution is -2.31. The number of ether oxygens (including phenoxy) is 3. The number of benzene rings is 3. The van der Waals surface area contributed by atoms with Gasteiger partial charge in [-0.1, -0.05) is 54.6 Å². The SMILES string of the molecule is COc1ccccc1CNc1nc(NCc2ccccc2OC)n(C(=O)[C@H](C)Oc2ccccc2)n1. The van der Waals surface area contributed by atoms with E-state index in [1.54, 1.807) is 33.3 Å². The summed E-state index contributed by atoms with van der Waals surface area (Å²) in [5.74, 6) is 2.30. The van der Waals surface area contributed by atoms with E-state index >= 15 is 0 Å². The van der Waals surface area contributed by atoms with Crippen molar-refractivity contribution in [3.63, 3.8) is 0 Å². The molecule has 0 saturated carbocycles. The van der Waals surface area contributed by atoms with Crippen LogP contribution in [0.4, 0.5) is 11.9 Å². The number of hydrogen-bond acceptors (Lipinski definition) is 8. The smallest absolute Gasteiger partial charge is 0.290 e. The Balaban J connectivity index is 1.56. The van der Waals surface area contributed by atoms with Crippen molar-refractivity contribution in [2.45, 2.75) is 26.1 Å². The first-order chi connectivity index (χ1) is 17.6. The number of para-hydroxylation sites is 3. The molecule has 0 aliphatic rings. The molecular formula is C27H29N5O4. The van der Waals surface area contributed by atoms with Gasteiger partial charge in [0.25, 0.3) is 5.91 Å². The van der Waals surface area contributed by atoms with Gasteiger partial charge < -0.3 is 24.8 Å². The van der Waals surface area contributed by atoms with Crippen LogP contribution in [0, 0.1) is 0 Å². The largest absolute Gasteiger partial charge is 0.496 e. The summed E-state index contributed by atoms with van der Waals surface area (Å²) in [7, 11) is 3.24. The van der Waals surface area contributed by atoms with Crippen molar-refractivity contribution < 1.29 is 19.0 Å². The van der Waals surface area contributed by atoms with Crippen LogP contribution >= 0.6 is 0 Å². The van der Waals surface area contributed by atoms with E-state index in [0.29, 0.717) is 24.8 Å². The molecule has 0 amide bonds. The highest BCUT2D eigenvalue weighted by atomic mass is 16.5. The fraction of sp³-hybridized carbons (Fsp3) is 0.222. The van der Waals surface area contributed by atoms with Gasteiger partial charge in [0.15, 0.2) is 6.10 Å². The molecule has 36 heavy (non-hydrogen) atoms. The van der Waals surface area contributed by atoms with Gasteiger partial charge in [0.2, 0.25) is 11.9 Å². The van der Waals surface area contributed by atoms with Crippen molar-refractivity contribution in [1.82, 2.24) is 14.8 Å². The predicted molar refractivity (Wildman–Crippen MR) is 138 cm³/mol. The maximum atomic E-state index is 13.3. The Labute approximate surface area is 210 Å². The summed E-state index contributed by atoms with van der Waals surface area (Å²) in [5.41, 5.74) is 1.85. The van der Waals surface area contributed by atoms with Gasteiger partial charge in [0.05, 0.1) is 14.2 Å². The molecule has 1 atom stereocenters. The molecule has 0 spiro atoms. The molecule has 0 fully saturated rings. The zero-order chi connectivity index (χ0) is 25.3. The molecule has 2 N–H and O–H groups in total. The lowest BCUT2D eigenvalue weighted by Gasteiger charge is -2.15. The molecule has 186 valence electrons. The number of nitrogens with zero attached hydrogens (tertiary/aromatic N) is 3. The first kappa shape index (κ1) is 24.6. The van der Waals surface area contributed by atoms with E-state index in [1.165, 1.54) is 4.68 Å². The van der Waals surface area contributed by atoms with Crippen LogP contribution < -0.4 is 24.8 Å². The number of nitrogens with one attached hydrogen (secondary N) is 2. The number of carbonyl (C=O) groups is 1. The molecule has 0 aliphatic heterocycles. The van der Waals surface area contributed by atoms with Crippen molar-refractivity contribution >= 4 is 17.8 Å². The van der Waals surface area contributed by atoms with Crippen molar-refractivity contribution in [1.29, 1.82) is 0 Å². The molecule has 4 aromatic rings. The van der Waals surface area contributed by atoms with Crippen LogP contribution in [0.5, 0.6) is 17.2 Å². The summed E-state index contributed by atoms with van der Waals surface area (Å²) in [5, 5.41) is 10.8. The van der Waals surface area contributed by atoms with Gasteiger partial charge in [0, 0.05) is 24.2 Å². The average molecular weight is 488 g/mol. The minimum Gasteiger partial charge on any atom is -0.496 e. The zero-order valence-corrected chi connectivity index (χ0v) is 20.5. The molecule has 0 radical (unpaired) electrons. The van der Waals surface area contributed by atoms with E-state index in [0.717, 1.165) is 22.6 Å². The second-order valence-electron chi connectivity index (χ2n) is 7.91. The van der Waals surface area contributed by atoms with E-state index < -0.39 is 6.10 Å². The first-order valence-electron chi connectivity index (χ1n) is 11.5. The Bertz CT molecular complexity index is 1290. The molecule has 0 saturated heterocycles. The maximum absolute atomic E-state index is 13.3. The first-order valence-corrected chi connectivity index (χ1v) is 11.5. The van der Waals surface area contributed by atoms with Gasteiger partial charge in [-0.2, -0.15) is 9.67 Å².